The average Bonchev–Trinajstić information content (AvgIpc) is 2.68. The molecule has 1 heterocycles. The third kappa shape index (κ3) is 3.71. The number of hydrogen-bond donors (Lipinski definition) is 0. The summed E-state index contributed by atoms with van der Waals surface area (Å²) in [6.45, 7) is 0. The highest BCUT2D eigenvalue weighted by Gasteiger charge is 2.09. The number of pyridine rings is 1. The number of methoxy groups -OCH3 is 1. The van der Waals surface area contributed by atoms with Gasteiger partial charge in [0.1, 0.15) is 5.75 Å². The number of benzene rings is 3. The number of aromatic nitrogens is 1. The zero-order chi connectivity index (χ0) is 17.1. The third-order valence-electron chi connectivity index (χ3n) is 4.47. The fraction of sp³-hybridized carbons (Fsp3) is 0.0870. The van der Waals surface area contributed by atoms with Crippen molar-refractivity contribution in [3.63, 3.8) is 0 Å². The fourth-order valence-corrected chi connectivity index (χ4v) is 3.23. The molecule has 0 atom stereocenters. The van der Waals surface area contributed by atoms with Crippen LogP contribution in [0, 0.1) is 0 Å². The molecule has 26 heavy (non-hydrogen) atoms. The van der Waals surface area contributed by atoms with Crippen LogP contribution < -0.4 is 4.74 Å². The van der Waals surface area contributed by atoms with E-state index in [4.69, 9.17) is 4.74 Å². The average molecular weight is 362 g/mol. The smallest absolute Gasteiger partial charge is 0.119 e. The number of halogens is 1. The monoisotopic (exact) mass is 361 g/mol. The highest BCUT2D eigenvalue weighted by Crippen LogP contribution is 2.30. The molecule has 1 aromatic heterocycles. The minimum Gasteiger partial charge on any atom is -0.497 e. The summed E-state index contributed by atoms with van der Waals surface area (Å²) >= 11 is 0. The number of hydrogen-bond acceptors (Lipinski definition) is 2. The van der Waals surface area contributed by atoms with E-state index >= 15 is 0 Å². The summed E-state index contributed by atoms with van der Waals surface area (Å²) < 4.78 is 5.37. The van der Waals surface area contributed by atoms with Crippen LogP contribution in [0.1, 0.15) is 11.1 Å². The Morgan fingerprint density at radius 3 is 2.38 bits per heavy atom. The molecular weight excluding hydrogens is 342 g/mol. The van der Waals surface area contributed by atoms with Crippen molar-refractivity contribution in [2.75, 3.05) is 7.11 Å². The molecule has 0 unspecified atom stereocenters. The lowest BCUT2D eigenvalue weighted by Crippen LogP contribution is -1.94. The molecule has 2 nitrogen and oxygen atoms in total. The highest BCUT2D eigenvalue weighted by molar-refractivity contribution is 5.89. The van der Waals surface area contributed by atoms with Gasteiger partial charge in [0.15, 0.2) is 0 Å². The van der Waals surface area contributed by atoms with E-state index in [1.807, 2.05) is 30.6 Å². The first kappa shape index (κ1) is 18.0. The van der Waals surface area contributed by atoms with E-state index in [2.05, 4.69) is 59.6 Å². The summed E-state index contributed by atoms with van der Waals surface area (Å²) in [5.74, 6) is 0.890. The van der Waals surface area contributed by atoms with Crippen LogP contribution in [-0.4, -0.2) is 12.1 Å². The molecule has 0 saturated carbocycles. The van der Waals surface area contributed by atoms with Gasteiger partial charge in [0.2, 0.25) is 0 Å². The number of rotatable bonds is 4. The lowest BCUT2D eigenvalue weighted by atomic mass is 9.92. The Hall–Kier alpha value is -2.84. The first-order valence-corrected chi connectivity index (χ1v) is 8.38. The molecule has 0 fully saturated rings. The highest BCUT2D eigenvalue weighted by atomic mass is 35.5. The van der Waals surface area contributed by atoms with Crippen molar-refractivity contribution < 1.29 is 4.74 Å². The van der Waals surface area contributed by atoms with E-state index in [9.17, 15) is 0 Å². The lowest BCUT2D eigenvalue weighted by Gasteiger charge is -2.13. The molecule has 0 aliphatic carbocycles. The molecule has 0 bridgehead atoms. The second-order valence-electron chi connectivity index (χ2n) is 6.13. The van der Waals surface area contributed by atoms with Crippen molar-refractivity contribution in [3.8, 4) is 16.9 Å². The minimum absolute atomic E-state index is 0. The molecule has 0 spiro atoms. The van der Waals surface area contributed by atoms with Crippen molar-refractivity contribution in [1.82, 2.24) is 4.98 Å². The van der Waals surface area contributed by atoms with Gasteiger partial charge in [-0.25, -0.2) is 0 Å². The van der Waals surface area contributed by atoms with Gasteiger partial charge in [0.05, 0.1) is 7.11 Å². The Morgan fingerprint density at radius 1 is 0.846 bits per heavy atom. The summed E-state index contributed by atoms with van der Waals surface area (Å²) in [6, 6.07) is 25.4. The van der Waals surface area contributed by atoms with Gasteiger partial charge in [-0.2, -0.15) is 0 Å². The van der Waals surface area contributed by atoms with Crippen molar-refractivity contribution in [3.05, 3.63) is 96.3 Å². The molecule has 130 valence electrons. The van der Waals surface area contributed by atoms with Gasteiger partial charge in [-0.1, -0.05) is 48.5 Å². The zero-order valence-corrected chi connectivity index (χ0v) is 15.4. The fourth-order valence-electron chi connectivity index (χ4n) is 3.23. The second-order valence-corrected chi connectivity index (χ2v) is 6.13. The molecule has 0 aliphatic rings. The van der Waals surface area contributed by atoms with Crippen LogP contribution in [0.25, 0.3) is 21.9 Å². The van der Waals surface area contributed by atoms with Crippen molar-refractivity contribution in [1.29, 1.82) is 0 Å². The summed E-state index contributed by atoms with van der Waals surface area (Å²) in [6.07, 6.45) is 4.59. The molecule has 4 rings (SSSR count). The molecule has 0 N–H and O–H groups in total. The quantitative estimate of drug-likeness (QED) is 0.450. The number of ether oxygens (including phenoxy) is 1. The van der Waals surface area contributed by atoms with Crippen LogP contribution in [0.15, 0.2) is 85.2 Å². The maximum absolute atomic E-state index is 5.37. The maximum Gasteiger partial charge on any atom is 0.119 e. The van der Waals surface area contributed by atoms with Gasteiger partial charge in [0.25, 0.3) is 0 Å². The standard InChI is InChI=1S/C23H19NO.ClH/c1-25-22-10-4-6-17(13-22)12-21-14-18-7-2-3-8-19(18)15-23(21)20-9-5-11-24-16-20;/h2-11,13-16H,12H2,1H3;1H. The minimum atomic E-state index is 0. The Bertz CT molecular complexity index is 1010. The number of fused-ring (bicyclic) bond motifs is 1. The van der Waals surface area contributed by atoms with E-state index in [1.54, 1.807) is 7.11 Å². The Labute approximate surface area is 159 Å². The molecule has 3 heteroatoms. The summed E-state index contributed by atoms with van der Waals surface area (Å²) in [4.78, 5) is 4.30. The number of nitrogens with zero attached hydrogens (tertiary/aromatic N) is 1. The van der Waals surface area contributed by atoms with Crippen LogP contribution in [-0.2, 0) is 6.42 Å². The van der Waals surface area contributed by atoms with Gasteiger partial charge in [0, 0.05) is 18.0 Å². The third-order valence-corrected chi connectivity index (χ3v) is 4.47. The van der Waals surface area contributed by atoms with Crippen LogP contribution >= 0.6 is 12.4 Å². The molecule has 4 aromatic rings. The Balaban J connectivity index is 0.00000196. The largest absolute Gasteiger partial charge is 0.497 e. The molecule has 3 aromatic carbocycles. The maximum atomic E-state index is 5.37. The molecule has 0 saturated heterocycles. The van der Waals surface area contributed by atoms with Crippen LogP contribution in [0.2, 0.25) is 0 Å². The molecule has 0 aliphatic heterocycles. The van der Waals surface area contributed by atoms with E-state index in [1.165, 1.54) is 27.5 Å². The lowest BCUT2D eigenvalue weighted by molar-refractivity contribution is 0.414. The summed E-state index contributed by atoms with van der Waals surface area (Å²) in [7, 11) is 1.70. The SMILES string of the molecule is COc1cccc(Cc2cc3ccccc3cc2-c2cccnc2)c1.Cl. The molecule has 0 amide bonds. The van der Waals surface area contributed by atoms with Crippen molar-refractivity contribution >= 4 is 23.2 Å². The van der Waals surface area contributed by atoms with E-state index in [-0.39, 0.29) is 12.4 Å². The Morgan fingerprint density at radius 2 is 1.65 bits per heavy atom. The van der Waals surface area contributed by atoms with Crippen molar-refractivity contribution in [2.24, 2.45) is 0 Å². The van der Waals surface area contributed by atoms with E-state index in [0.717, 1.165) is 17.7 Å². The van der Waals surface area contributed by atoms with Gasteiger partial charge < -0.3 is 4.74 Å². The van der Waals surface area contributed by atoms with E-state index in [0.29, 0.717) is 0 Å². The van der Waals surface area contributed by atoms with Crippen molar-refractivity contribution in [2.45, 2.75) is 6.42 Å². The van der Waals surface area contributed by atoms with Crippen LogP contribution in [0.4, 0.5) is 0 Å². The molecular formula is C23H20ClNO. The first-order chi connectivity index (χ1) is 12.3. The summed E-state index contributed by atoms with van der Waals surface area (Å²) in [5.41, 5.74) is 4.90. The summed E-state index contributed by atoms with van der Waals surface area (Å²) in [5, 5.41) is 2.50. The first-order valence-electron chi connectivity index (χ1n) is 8.38. The van der Waals surface area contributed by atoms with Crippen LogP contribution in [0.3, 0.4) is 0 Å². The van der Waals surface area contributed by atoms with Gasteiger partial charge in [-0.3, -0.25) is 4.98 Å². The predicted octanol–water partition coefficient (Wildman–Crippen LogP) is 5.92. The predicted molar refractivity (Wildman–Crippen MR) is 110 cm³/mol. The topological polar surface area (TPSA) is 22.1 Å². The Kier molecular flexibility index (Phi) is 5.55. The van der Waals surface area contributed by atoms with Crippen LogP contribution in [0.5, 0.6) is 5.75 Å². The molecule has 0 radical (unpaired) electrons. The normalized spacial score (nSPS) is 10.3. The second kappa shape index (κ2) is 8.03. The van der Waals surface area contributed by atoms with E-state index < -0.39 is 0 Å². The van der Waals surface area contributed by atoms with Gasteiger partial charge >= 0.3 is 0 Å². The van der Waals surface area contributed by atoms with Gasteiger partial charge in [-0.15, -0.1) is 12.4 Å². The van der Waals surface area contributed by atoms with Gasteiger partial charge in [-0.05, 0) is 58.1 Å². The zero-order valence-electron chi connectivity index (χ0n) is 14.6.